The molecule has 118 valence electrons. The molecule has 0 N–H and O–H groups in total. The Labute approximate surface area is 129 Å². The predicted octanol–water partition coefficient (Wildman–Crippen LogP) is 0.381. The summed E-state index contributed by atoms with van der Waals surface area (Å²) in [6.07, 6.45) is 2.13. The van der Waals surface area contributed by atoms with Crippen LogP contribution >= 0.6 is 0 Å². The van der Waals surface area contributed by atoms with Crippen LogP contribution in [0.2, 0.25) is 0 Å². The smallest absolute Gasteiger partial charge is 0.274 e. The van der Waals surface area contributed by atoms with E-state index in [0.29, 0.717) is 18.8 Å². The van der Waals surface area contributed by atoms with Crippen molar-refractivity contribution < 1.29 is 9.59 Å². The van der Waals surface area contributed by atoms with E-state index in [4.69, 9.17) is 0 Å². The highest BCUT2D eigenvalue weighted by Crippen LogP contribution is 2.15. The van der Waals surface area contributed by atoms with E-state index in [9.17, 15) is 9.59 Å². The SMILES string of the molecule is CC(=O)N1CCN(c2ccc(C(=O)N3CCCC3)nn2)CC1. The average Bonchev–Trinajstić information content (AvgIpc) is 3.09. The number of amides is 2. The summed E-state index contributed by atoms with van der Waals surface area (Å²) in [4.78, 5) is 29.3. The van der Waals surface area contributed by atoms with E-state index in [2.05, 4.69) is 15.1 Å². The number of anilines is 1. The summed E-state index contributed by atoms with van der Waals surface area (Å²) >= 11 is 0. The van der Waals surface area contributed by atoms with Gasteiger partial charge in [0.15, 0.2) is 11.5 Å². The molecule has 0 aromatic carbocycles. The Hall–Kier alpha value is -2.18. The lowest BCUT2D eigenvalue weighted by Crippen LogP contribution is -2.48. The van der Waals surface area contributed by atoms with Gasteiger partial charge in [0.1, 0.15) is 0 Å². The third-order valence-corrected chi connectivity index (χ3v) is 4.31. The van der Waals surface area contributed by atoms with Crippen molar-refractivity contribution >= 4 is 17.6 Å². The molecule has 1 aromatic heterocycles. The van der Waals surface area contributed by atoms with Crippen molar-refractivity contribution in [2.24, 2.45) is 0 Å². The van der Waals surface area contributed by atoms with E-state index >= 15 is 0 Å². The summed E-state index contributed by atoms with van der Waals surface area (Å²) in [6.45, 7) is 6.11. The number of carbonyl (C=O) groups excluding carboxylic acids is 2. The molecule has 0 spiro atoms. The number of hydrogen-bond acceptors (Lipinski definition) is 5. The number of nitrogens with zero attached hydrogens (tertiary/aromatic N) is 5. The first-order valence-electron chi connectivity index (χ1n) is 7.78. The molecule has 0 bridgehead atoms. The molecule has 2 fully saturated rings. The molecule has 0 unspecified atom stereocenters. The van der Waals surface area contributed by atoms with Gasteiger partial charge in [-0.3, -0.25) is 9.59 Å². The normalized spacial score (nSPS) is 18.7. The van der Waals surface area contributed by atoms with E-state index in [1.807, 2.05) is 15.9 Å². The van der Waals surface area contributed by atoms with Gasteiger partial charge in [-0.25, -0.2) is 0 Å². The van der Waals surface area contributed by atoms with Crippen molar-refractivity contribution in [3.05, 3.63) is 17.8 Å². The molecule has 2 saturated heterocycles. The molecule has 0 saturated carbocycles. The number of hydrogen-bond donors (Lipinski definition) is 0. The van der Waals surface area contributed by atoms with Crippen molar-refractivity contribution in [2.45, 2.75) is 19.8 Å². The van der Waals surface area contributed by atoms with Crippen LogP contribution in [0.15, 0.2) is 12.1 Å². The molecule has 7 nitrogen and oxygen atoms in total. The van der Waals surface area contributed by atoms with Gasteiger partial charge >= 0.3 is 0 Å². The molecule has 3 rings (SSSR count). The summed E-state index contributed by atoms with van der Waals surface area (Å²) in [5.74, 6) is 0.844. The first-order chi connectivity index (χ1) is 10.6. The zero-order valence-electron chi connectivity index (χ0n) is 12.9. The fraction of sp³-hybridized carbons (Fsp3) is 0.600. The highest BCUT2D eigenvalue weighted by atomic mass is 16.2. The Kier molecular flexibility index (Phi) is 4.22. The topological polar surface area (TPSA) is 69.6 Å². The van der Waals surface area contributed by atoms with E-state index in [1.165, 1.54) is 0 Å². The molecule has 2 aliphatic rings. The van der Waals surface area contributed by atoms with Crippen molar-refractivity contribution in [1.82, 2.24) is 20.0 Å². The van der Waals surface area contributed by atoms with Crippen LogP contribution in [0.1, 0.15) is 30.3 Å². The van der Waals surface area contributed by atoms with Crippen LogP contribution in [0.25, 0.3) is 0 Å². The van der Waals surface area contributed by atoms with Crippen molar-refractivity contribution in [1.29, 1.82) is 0 Å². The van der Waals surface area contributed by atoms with E-state index in [0.717, 1.165) is 44.8 Å². The maximum Gasteiger partial charge on any atom is 0.274 e. The molecule has 2 amide bonds. The number of piperazine rings is 1. The Morgan fingerprint density at radius 3 is 2.14 bits per heavy atom. The summed E-state index contributed by atoms with van der Waals surface area (Å²) in [5.41, 5.74) is 0.410. The van der Waals surface area contributed by atoms with Crippen LogP contribution in [0, 0.1) is 0 Å². The molecule has 0 radical (unpaired) electrons. The van der Waals surface area contributed by atoms with E-state index in [1.54, 1.807) is 13.0 Å². The van der Waals surface area contributed by atoms with E-state index < -0.39 is 0 Å². The molecule has 1 aromatic rings. The summed E-state index contributed by atoms with van der Waals surface area (Å²) in [7, 11) is 0. The maximum atomic E-state index is 12.2. The molecule has 3 heterocycles. The van der Waals surface area contributed by atoms with Crippen LogP contribution in [-0.2, 0) is 4.79 Å². The number of carbonyl (C=O) groups is 2. The van der Waals surface area contributed by atoms with Gasteiger partial charge in [-0.1, -0.05) is 0 Å². The van der Waals surface area contributed by atoms with Crippen LogP contribution in [-0.4, -0.2) is 71.1 Å². The van der Waals surface area contributed by atoms with Crippen LogP contribution in [0.3, 0.4) is 0 Å². The highest BCUT2D eigenvalue weighted by molar-refractivity contribution is 5.92. The lowest BCUT2D eigenvalue weighted by molar-refractivity contribution is -0.129. The molecule has 7 heteroatoms. The first kappa shape index (κ1) is 14.7. The molecule has 0 aliphatic carbocycles. The van der Waals surface area contributed by atoms with Crippen molar-refractivity contribution in [3.63, 3.8) is 0 Å². The number of rotatable bonds is 2. The Morgan fingerprint density at radius 1 is 0.909 bits per heavy atom. The second-order valence-corrected chi connectivity index (χ2v) is 5.77. The van der Waals surface area contributed by atoms with Gasteiger partial charge in [0.05, 0.1) is 0 Å². The second-order valence-electron chi connectivity index (χ2n) is 5.77. The second kappa shape index (κ2) is 6.29. The zero-order valence-corrected chi connectivity index (χ0v) is 12.9. The van der Waals surface area contributed by atoms with Gasteiger partial charge in [-0.2, -0.15) is 0 Å². The summed E-state index contributed by atoms with van der Waals surface area (Å²) in [5, 5.41) is 8.28. The molecule has 0 atom stereocenters. The predicted molar refractivity (Wildman–Crippen MR) is 81.6 cm³/mol. The molecular formula is C15H21N5O2. The Bertz CT molecular complexity index is 546. The van der Waals surface area contributed by atoms with Crippen molar-refractivity contribution in [3.8, 4) is 0 Å². The standard InChI is InChI=1S/C15H21N5O2/c1-12(21)18-8-10-19(11-9-18)14-5-4-13(16-17-14)15(22)20-6-2-3-7-20/h4-5H,2-3,6-11H2,1H3. The molecular weight excluding hydrogens is 282 g/mol. The van der Waals surface area contributed by atoms with Gasteiger partial charge in [0, 0.05) is 46.2 Å². The van der Waals surface area contributed by atoms with Gasteiger partial charge < -0.3 is 14.7 Å². The maximum absolute atomic E-state index is 12.2. The lowest BCUT2D eigenvalue weighted by atomic mass is 10.3. The van der Waals surface area contributed by atoms with Gasteiger partial charge in [0.2, 0.25) is 5.91 Å². The quantitative estimate of drug-likeness (QED) is 0.790. The Morgan fingerprint density at radius 2 is 1.59 bits per heavy atom. The van der Waals surface area contributed by atoms with Crippen LogP contribution in [0.4, 0.5) is 5.82 Å². The minimum Gasteiger partial charge on any atom is -0.352 e. The number of aromatic nitrogens is 2. The third kappa shape index (κ3) is 3.03. The minimum atomic E-state index is -0.0297. The fourth-order valence-corrected chi connectivity index (χ4v) is 2.94. The Balaban J connectivity index is 1.62. The fourth-order valence-electron chi connectivity index (χ4n) is 2.94. The summed E-state index contributed by atoms with van der Waals surface area (Å²) < 4.78 is 0. The van der Waals surface area contributed by atoms with Gasteiger partial charge in [0.25, 0.3) is 5.91 Å². The summed E-state index contributed by atoms with van der Waals surface area (Å²) in [6, 6.07) is 3.60. The number of likely N-dealkylation sites (tertiary alicyclic amines) is 1. The molecule has 2 aliphatic heterocycles. The van der Waals surface area contributed by atoms with Crippen molar-refractivity contribution in [2.75, 3.05) is 44.2 Å². The molecule has 22 heavy (non-hydrogen) atoms. The third-order valence-electron chi connectivity index (χ3n) is 4.31. The van der Waals surface area contributed by atoms with Gasteiger partial charge in [-0.05, 0) is 25.0 Å². The highest BCUT2D eigenvalue weighted by Gasteiger charge is 2.23. The first-order valence-corrected chi connectivity index (χ1v) is 7.78. The van der Waals surface area contributed by atoms with Crippen LogP contribution in [0.5, 0.6) is 0 Å². The largest absolute Gasteiger partial charge is 0.352 e. The van der Waals surface area contributed by atoms with Gasteiger partial charge in [-0.15, -0.1) is 10.2 Å². The zero-order chi connectivity index (χ0) is 15.5. The average molecular weight is 303 g/mol. The lowest BCUT2D eigenvalue weighted by Gasteiger charge is -2.34. The van der Waals surface area contributed by atoms with Crippen LogP contribution < -0.4 is 4.90 Å². The minimum absolute atomic E-state index is 0.0297. The van der Waals surface area contributed by atoms with E-state index in [-0.39, 0.29) is 11.8 Å². The monoisotopic (exact) mass is 303 g/mol.